The molecule has 8 nitrogen and oxygen atoms in total. The average molecular weight is 373 g/mol. The van der Waals surface area contributed by atoms with Crippen molar-refractivity contribution >= 4 is 17.8 Å². The topological polar surface area (TPSA) is 122 Å². The summed E-state index contributed by atoms with van der Waals surface area (Å²) in [6.45, 7) is 0. The fraction of sp³-hybridized carbons (Fsp3) is 0.211. The standard InChI is InChI=1S/C19H19NO7/c1-26-15-9-12(13(18(22)23)10-16(15)27-2)8-14(19(24)25)20-17(21)11-6-4-3-5-7-11/h3-7,9-10,14H,8H2,1-2H3,(H,20,21)(H,22,23)(H,24,25). The third-order valence-electron chi connectivity index (χ3n) is 3.90. The zero-order valence-corrected chi connectivity index (χ0v) is 14.8. The lowest BCUT2D eigenvalue weighted by Crippen LogP contribution is -2.42. The van der Waals surface area contributed by atoms with Gasteiger partial charge in [0.05, 0.1) is 19.8 Å². The number of methoxy groups -OCH3 is 2. The number of aromatic carboxylic acids is 1. The number of benzene rings is 2. The van der Waals surface area contributed by atoms with Crippen molar-refractivity contribution < 1.29 is 34.1 Å². The maximum absolute atomic E-state index is 12.3. The van der Waals surface area contributed by atoms with Gasteiger partial charge in [-0.05, 0) is 29.8 Å². The maximum atomic E-state index is 12.3. The number of hydrogen-bond donors (Lipinski definition) is 3. The van der Waals surface area contributed by atoms with Crippen molar-refractivity contribution in [2.75, 3.05) is 14.2 Å². The minimum absolute atomic E-state index is 0.132. The number of aliphatic carboxylic acids is 1. The number of carbonyl (C=O) groups is 3. The first-order chi connectivity index (χ1) is 12.9. The first kappa shape index (κ1) is 19.8. The van der Waals surface area contributed by atoms with Crippen LogP contribution in [0.25, 0.3) is 0 Å². The number of hydrogen-bond acceptors (Lipinski definition) is 5. The Bertz CT molecular complexity index is 849. The lowest BCUT2D eigenvalue weighted by molar-refractivity contribution is -0.139. The van der Waals surface area contributed by atoms with E-state index in [9.17, 15) is 24.6 Å². The van der Waals surface area contributed by atoms with Crippen molar-refractivity contribution in [3.8, 4) is 11.5 Å². The van der Waals surface area contributed by atoms with Gasteiger partial charge in [0.15, 0.2) is 11.5 Å². The van der Waals surface area contributed by atoms with E-state index in [4.69, 9.17) is 9.47 Å². The third kappa shape index (κ3) is 4.75. The Morgan fingerprint density at radius 2 is 1.59 bits per heavy atom. The fourth-order valence-corrected chi connectivity index (χ4v) is 2.54. The number of rotatable bonds is 8. The van der Waals surface area contributed by atoms with Gasteiger partial charge < -0.3 is 25.0 Å². The summed E-state index contributed by atoms with van der Waals surface area (Å²) < 4.78 is 10.2. The Morgan fingerprint density at radius 3 is 2.11 bits per heavy atom. The number of amides is 1. The fourth-order valence-electron chi connectivity index (χ4n) is 2.54. The Labute approximate surface area is 155 Å². The first-order valence-electron chi connectivity index (χ1n) is 7.94. The van der Waals surface area contributed by atoms with E-state index in [0.717, 1.165) is 0 Å². The number of carboxylic acids is 2. The molecule has 1 amide bonds. The second-order valence-corrected chi connectivity index (χ2v) is 5.60. The Balaban J connectivity index is 2.34. The van der Waals surface area contributed by atoms with Crippen molar-refractivity contribution in [1.82, 2.24) is 5.32 Å². The molecule has 142 valence electrons. The average Bonchev–Trinajstić information content (AvgIpc) is 2.67. The summed E-state index contributed by atoms with van der Waals surface area (Å²) in [5, 5.41) is 21.3. The number of carbonyl (C=O) groups excluding carboxylic acids is 1. The summed E-state index contributed by atoms with van der Waals surface area (Å²) in [4.78, 5) is 35.4. The van der Waals surface area contributed by atoms with Crippen molar-refractivity contribution in [3.05, 3.63) is 59.2 Å². The molecule has 0 fully saturated rings. The predicted molar refractivity (Wildman–Crippen MR) is 95.5 cm³/mol. The molecule has 0 saturated heterocycles. The molecule has 3 N–H and O–H groups in total. The molecular formula is C19H19NO7. The van der Waals surface area contributed by atoms with Crippen LogP contribution in [0.4, 0.5) is 0 Å². The van der Waals surface area contributed by atoms with E-state index in [-0.39, 0.29) is 29.0 Å². The van der Waals surface area contributed by atoms with E-state index in [1.807, 2.05) is 0 Å². The number of carboxylic acid groups (broad SMARTS) is 2. The van der Waals surface area contributed by atoms with E-state index >= 15 is 0 Å². The van der Waals surface area contributed by atoms with Crippen LogP contribution in [0.5, 0.6) is 11.5 Å². The molecule has 0 bridgehead atoms. The zero-order chi connectivity index (χ0) is 20.0. The van der Waals surface area contributed by atoms with Crippen LogP contribution in [0.3, 0.4) is 0 Å². The van der Waals surface area contributed by atoms with Gasteiger partial charge in [0.25, 0.3) is 5.91 Å². The van der Waals surface area contributed by atoms with Gasteiger partial charge in [0, 0.05) is 12.0 Å². The lowest BCUT2D eigenvalue weighted by Gasteiger charge is -2.18. The highest BCUT2D eigenvalue weighted by Gasteiger charge is 2.25. The van der Waals surface area contributed by atoms with Crippen molar-refractivity contribution in [2.24, 2.45) is 0 Å². The SMILES string of the molecule is COc1cc(CC(NC(=O)c2ccccc2)C(=O)O)c(C(=O)O)cc1OC. The molecule has 0 aliphatic carbocycles. The molecule has 0 spiro atoms. The van der Waals surface area contributed by atoms with E-state index in [2.05, 4.69) is 5.32 Å². The van der Waals surface area contributed by atoms with Crippen LogP contribution in [0.15, 0.2) is 42.5 Å². The van der Waals surface area contributed by atoms with Crippen LogP contribution in [0, 0.1) is 0 Å². The quantitative estimate of drug-likeness (QED) is 0.645. The van der Waals surface area contributed by atoms with Gasteiger partial charge in [0.2, 0.25) is 0 Å². The van der Waals surface area contributed by atoms with Gasteiger partial charge in [-0.1, -0.05) is 18.2 Å². The van der Waals surface area contributed by atoms with Gasteiger partial charge in [0.1, 0.15) is 6.04 Å². The normalized spacial score (nSPS) is 11.3. The van der Waals surface area contributed by atoms with E-state index in [1.165, 1.54) is 26.4 Å². The van der Waals surface area contributed by atoms with Crippen LogP contribution in [-0.2, 0) is 11.2 Å². The molecule has 0 aromatic heterocycles. The maximum Gasteiger partial charge on any atom is 0.336 e. The Hall–Kier alpha value is -3.55. The highest BCUT2D eigenvalue weighted by molar-refractivity contribution is 5.97. The van der Waals surface area contributed by atoms with E-state index < -0.39 is 23.9 Å². The van der Waals surface area contributed by atoms with Crippen LogP contribution >= 0.6 is 0 Å². The van der Waals surface area contributed by atoms with Crippen LogP contribution in [0.1, 0.15) is 26.3 Å². The summed E-state index contributed by atoms with van der Waals surface area (Å²) in [6.07, 6.45) is -0.240. The van der Waals surface area contributed by atoms with E-state index in [1.54, 1.807) is 30.3 Å². The highest BCUT2D eigenvalue weighted by atomic mass is 16.5. The second kappa shape index (κ2) is 8.70. The zero-order valence-electron chi connectivity index (χ0n) is 14.8. The summed E-state index contributed by atoms with van der Waals surface area (Å²) >= 11 is 0. The minimum Gasteiger partial charge on any atom is -0.493 e. The molecule has 0 saturated carbocycles. The molecule has 1 unspecified atom stereocenters. The molecule has 2 rings (SSSR count). The molecule has 8 heteroatoms. The summed E-state index contributed by atoms with van der Waals surface area (Å²) in [5.74, 6) is -2.63. The van der Waals surface area contributed by atoms with Gasteiger partial charge >= 0.3 is 11.9 Å². The van der Waals surface area contributed by atoms with Crippen molar-refractivity contribution in [1.29, 1.82) is 0 Å². The summed E-state index contributed by atoms with van der Waals surface area (Å²) in [5.41, 5.74) is 0.364. The molecule has 0 heterocycles. The number of nitrogens with one attached hydrogen (secondary N) is 1. The molecule has 0 radical (unpaired) electrons. The largest absolute Gasteiger partial charge is 0.493 e. The van der Waals surface area contributed by atoms with Crippen LogP contribution < -0.4 is 14.8 Å². The number of ether oxygens (including phenoxy) is 2. The minimum atomic E-state index is -1.33. The monoisotopic (exact) mass is 373 g/mol. The molecule has 2 aromatic carbocycles. The van der Waals surface area contributed by atoms with Gasteiger partial charge in [-0.25, -0.2) is 9.59 Å². The second-order valence-electron chi connectivity index (χ2n) is 5.60. The lowest BCUT2D eigenvalue weighted by atomic mass is 9.98. The van der Waals surface area contributed by atoms with Crippen molar-refractivity contribution in [3.63, 3.8) is 0 Å². The summed E-state index contributed by atoms with van der Waals surface area (Å²) in [6, 6.07) is 9.47. The summed E-state index contributed by atoms with van der Waals surface area (Å²) in [7, 11) is 2.75. The first-order valence-corrected chi connectivity index (χ1v) is 7.94. The molecular weight excluding hydrogens is 354 g/mol. The molecule has 0 aliphatic rings. The predicted octanol–water partition coefficient (Wildman–Crippen LogP) is 1.83. The highest BCUT2D eigenvalue weighted by Crippen LogP contribution is 2.31. The van der Waals surface area contributed by atoms with E-state index in [0.29, 0.717) is 5.56 Å². The van der Waals surface area contributed by atoms with Crippen LogP contribution in [0.2, 0.25) is 0 Å². The van der Waals surface area contributed by atoms with Gasteiger partial charge in [-0.2, -0.15) is 0 Å². The smallest absolute Gasteiger partial charge is 0.336 e. The molecule has 2 aromatic rings. The van der Waals surface area contributed by atoms with Gasteiger partial charge in [-0.3, -0.25) is 4.79 Å². The molecule has 1 atom stereocenters. The van der Waals surface area contributed by atoms with Gasteiger partial charge in [-0.15, -0.1) is 0 Å². The molecule has 27 heavy (non-hydrogen) atoms. The van der Waals surface area contributed by atoms with Crippen molar-refractivity contribution in [2.45, 2.75) is 12.5 Å². The third-order valence-corrected chi connectivity index (χ3v) is 3.90. The van der Waals surface area contributed by atoms with Crippen LogP contribution in [-0.4, -0.2) is 48.3 Å². The Morgan fingerprint density at radius 1 is 1.00 bits per heavy atom. The Kier molecular flexibility index (Phi) is 6.37. The molecule has 0 aliphatic heterocycles.